The summed E-state index contributed by atoms with van der Waals surface area (Å²) in [5, 5.41) is 6.96. The average molecular weight is 514 g/mol. The van der Waals surface area contributed by atoms with E-state index in [1.807, 2.05) is 6.92 Å². The molecule has 1 saturated carbocycles. The second-order valence-corrected chi connectivity index (χ2v) is 7.89. The van der Waals surface area contributed by atoms with E-state index in [2.05, 4.69) is 48.7 Å². The van der Waals surface area contributed by atoms with Crippen LogP contribution in [0.1, 0.15) is 50.7 Å². The number of carbonyl (C=O) groups is 1. The molecule has 1 aromatic carbocycles. The predicted molar refractivity (Wildman–Crippen MR) is 128 cm³/mol. The van der Waals surface area contributed by atoms with Crippen LogP contribution in [-0.2, 0) is 10.2 Å². The molecular weight excluding hydrogens is 479 g/mol. The molecule has 0 aromatic heterocycles. The monoisotopic (exact) mass is 514 g/mol. The summed E-state index contributed by atoms with van der Waals surface area (Å²) in [6.07, 6.45) is 4.03. The summed E-state index contributed by atoms with van der Waals surface area (Å²) in [5.41, 5.74) is 3.01. The molecule has 2 N–H and O–H groups in total. The first-order valence-electron chi connectivity index (χ1n) is 10.6. The van der Waals surface area contributed by atoms with Gasteiger partial charge in [0.1, 0.15) is 0 Å². The molecule has 1 aliphatic carbocycles. The van der Waals surface area contributed by atoms with Crippen LogP contribution in [0.15, 0.2) is 29.3 Å². The van der Waals surface area contributed by atoms with Crippen molar-refractivity contribution in [2.24, 2.45) is 4.99 Å². The van der Waals surface area contributed by atoms with E-state index in [4.69, 9.17) is 9.73 Å². The highest BCUT2D eigenvalue weighted by Crippen LogP contribution is 2.49. The molecule has 0 spiro atoms. The van der Waals surface area contributed by atoms with E-state index in [-0.39, 0.29) is 35.5 Å². The van der Waals surface area contributed by atoms with Gasteiger partial charge in [0.05, 0.1) is 13.2 Å². The van der Waals surface area contributed by atoms with E-state index in [0.29, 0.717) is 12.6 Å². The highest BCUT2D eigenvalue weighted by atomic mass is 127. The second kappa shape index (κ2) is 11.0. The number of nitrogens with one attached hydrogen (secondary N) is 2. The zero-order chi connectivity index (χ0) is 20.0. The number of nitrogens with zero attached hydrogens (tertiary/aromatic N) is 2. The maximum absolute atomic E-state index is 11.9. The molecule has 162 valence electrons. The molecule has 1 aromatic rings. The van der Waals surface area contributed by atoms with E-state index in [1.165, 1.54) is 24.0 Å². The summed E-state index contributed by atoms with van der Waals surface area (Å²) in [6, 6.07) is 9.01. The van der Waals surface area contributed by atoms with Crippen LogP contribution in [0.25, 0.3) is 0 Å². The minimum atomic E-state index is -0.199. The molecule has 0 atom stereocenters. The highest BCUT2D eigenvalue weighted by Gasteiger charge is 2.44. The summed E-state index contributed by atoms with van der Waals surface area (Å²) in [6.45, 7) is 9.66. The molecule has 7 heteroatoms. The summed E-state index contributed by atoms with van der Waals surface area (Å²) < 4.78 is 5.10. The SMILES string of the molecule is CCNC(=NCC1(c2ccccc2C)CC1)NC1CCN(C(=O)OCC)CC1.I. The number of likely N-dealkylation sites (tertiary alicyclic amines) is 1. The van der Waals surface area contributed by atoms with E-state index >= 15 is 0 Å². The van der Waals surface area contributed by atoms with Crippen molar-refractivity contribution in [2.75, 3.05) is 32.8 Å². The van der Waals surface area contributed by atoms with Crippen LogP contribution in [-0.4, -0.2) is 55.8 Å². The zero-order valence-electron chi connectivity index (χ0n) is 17.9. The molecule has 6 nitrogen and oxygen atoms in total. The van der Waals surface area contributed by atoms with Gasteiger partial charge in [-0.05, 0) is 57.6 Å². The molecule has 1 saturated heterocycles. The minimum absolute atomic E-state index is 0. The third-order valence-electron chi connectivity index (χ3n) is 5.82. The van der Waals surface area contributed by atoms with Crippen LogP contribution >= 0.6 is 24.0 Å². The molecule has 0 radical (unpaired) electrons. The highest BCUT2D eigenvalue weighted by molar-refractivity contribution is 14.0. The Balaban J connectivity index is 0.00000300. The van der Waals surface area contributed by atoms with Gasteiger partial charge in [0.15, 0.2) is 5.96 Å². The van der Waals surface area contributed by atoms with Gasteiger partial charge in [0.25, 0.3) is 0 Å². The second-order valence-electron chi connectivity index (χ2n) is 7.89. The lowest BCUT2D eigenvalue weighted by molar-refractivity contribution is 0.0963. The predicted octanol–water partition coefficient (Wildman–Crippen LogP) is 3.82. The number of benzene rings is 1. The van der Waals surface area contributed by atoms with Crippen LogP contribution in [0.4, 0.5) is 4.79 Å². The average Bonchev–Trinajstić information content (AvgIpc) is 3.48. The fourth-order valence-electron chi connectivity index (χ4n) is 4.00. The van der Waals surface area contributed by atoms with Gasteiger partial charge in [-0.15, -0.1) is 24.0 Å². The van der Waals surface area contributed by atoms with E-state index in [1.54, 1.807) is 4.90 Å². The molecule has 3 rings (SSSR count). The van der Waals surface area contributed by atoms with Crippen LogP contribution in [0.2, 0.25) is 0 Å². The fraction of sp³-hybridized carbons (Fsp3) is 0.636. The van der Waals surface area contributed by atoms with E-state index < -0.39 is 0 Å². The Kier molecular flexibility index (Phi) is 9.04. The topological polar surface area (TPSA) is 66.0 Å². The lowest BCUT2D eigenvalue weighted by Crippen LogP contribution is -2.50. The first-order chi connectivity index (χ1) is 13.6. The van der Waals surface area contributed by atoms with Gasteiger partial charge in [-0.2, -0.15) is 0 Å². The number of hydrogen-bond donors (Lipinski definition) is 2. The standard InChI is InChI=1S/C22H34N4O2.HI/c1-4-23-20(25-18-10-14-26(15-11-18)21(27)28-5-2)24-16-22(12-13-22)19-9-7-6-8-17(19)3;/h6-9,18H,4-5,10-16H2,1-3H3,(H2,23,24,25);1H. The van der Waals surface area contributed by atoms with Gasteiger partial charge in [-0.1, -0.05) is 24.3 Å². The number of aliphatic imine (C=N–C) groups is 1. The van der Waals surface area contributed by atoms with Gasteiger partial charge < -0.3 is 20.3 Å². The number of carbonyl (C=O) groups excluding carboxylic acids is 1. The Hall–Kier alpha value is -1.51. The summed E-state index contributed by atoms with van der Waals surface area (Å²) in [4.78, 5) is 18.6. The van der Waals surface area contributed by atoms with Gasteiger partial charge in [-0.3, -0.25) is 4.99 Å². The molecule has 2 fully saturated rings. The van der Waals surface area contributed by atoms with Crippen LogP contribution in [0, 0.1) is 6.92 Å². The van der Waals surface area contributed by atoms with Crippen molar-refractivity contribution in [1.29, 1.82) is 0 Å². The van der Waals surface area contributed by atoms with E-state index in [0.717, 1.165) is 45.0 Å². The third-order valence-corrected chi connectivity index (χ3v) is 5.82. The number of ether oxygens (including phenoxy) is 1. The molecule has 29 heavy (non-hydrogen) atoms. The number of hydrogen-bond acceptors (Lipinski definition) is 3. The zero-order valence-corrected chi connectivity index (χ0v) is 20.2. The number of rotatable bonds is 6. The van der Waals surface area contributed by atoms with Crippen molar-refractivity contribution >= 4 is 36.0 Å². The van der Waals surface area contributed by atoms with Crippen molar-refractivity contribution in [3.05, 3.63) is 35.4 Å². The summed E-state index contributed by atoms with van der Waals surface area (Å²) in [5.74, 6) is 0.886. The Labute approximate surface area is 191 Å². The van der Waals surface area contributed by atoms with Crippen molar-refractivity contribution in [3.63, 3.8) is 0 Å². The van der Waals surface area contributed by atoms with Crippen LogP contribution in [0.3, 0.4) is 0 Å². The van der Waals surface area contributed by atoms with Crippen molar-refractivity contribution in [2.45, 2.75) is 57.9 Å². The minimum Gasteiger partial charge on any atom is -0.450 e. The van der Waals surface area contributed by atoms with Gasteiger partial charge in [0.2, 0.25) is 0 Å². The number of guanidine groups is 1. The Morgan fingerprint density at radius 3 is 2.52 bits per heavy atom. The number of aryl methyl sites for hydroxylation is 1. The normalized spacial score (nSPS) is 18.6. The lowest BCUT2D eigenvalue weighted by Gasteiger charge is -2.32. The van der Waals surface area contributed by atoms with Crippen LogP contribution in [0.5, 0.6) is 0 Å². The Morgan fingerprint density at radius 2 is 1.93 bits per heavy atom. The lowest BCUT2D eigenvalue weighted by atomic mass is 9.92. The number of amides is 1. The Bertz CT molecular complexity index is 698. The summed E-state index contributed by atoms with van der Waals surface area (Å²) in [7, 11) is 0. The maximum atomic E-state index is 11.9. The van der Waals surface area contributed by atoms with E-state index in [9.17, 15) is 4.79 Å². The first kappa shape index (κ1) is 23.8. The fourth-order valence-corrected chi connectivity index (χ4v) is 4.00. The van der Waals surface area contributed by atoms with Crippen molar-refractivity contribution in [3.8, 4) is 0 Å². The number of piperidine rings is 1. The molecule has 0 bridgehead atoms. The first-order valence-corrected chi connectivity index (χ1v) is 10.6. The van der Waals surface area contributed by atoms with Gasteiger partial charge >= 0.3 is 6.09 Å². The van der Waals surface area contributed by atoms with Crippen LogP contribution < -0.4 is 10.6 Å². The molecule has 2 aliphatic rings. The largest absolute Gasteiger partial charge is 0.450 e. The van der Waals surface area contributed by atoms with Gasteiger partial charge in [0, 0.05) is 31.1 Å². The third kappa shape index (κ3) is 6.23. The van der Waals surface area contributed by atoms with Crippen molar-refractivity contribution < 1.29 is 9.53 Å². The van der Waals surface area contributed by atoms with Crippen molar-refractivity contribution in [1.82, 2.24) is 15.5 Å². The summed E-state index contributed by atoms with van der Waals surface area (Å²) >= 11 is 0. The number of halogens is 1. The van der Waals surface area contributed by atoms with Gasteiger partial charge in [-0.25, -0.2) is 4.79 Å². The smallest absolute Gasteiger partial charge is 0.409 e. The molecule has 1 amide bonds. The molecule has 1 aliphatic heterocycles. The molecule has 1 heterocycles. The Morgan fingerprint density at radius 1 is 1.24 bits per heavy atom. The maximum Gasteiger partial charge on any atom is 0.409 e. The molecular formula is C22H35IN4O2. The molecule has 0 unspecified atom stereocenters. The quantitative estimate of drug-likeness (QED) is 0.344.